The lowest BCUT2D eigenvalue weighted by molar-refractivity contribution is -0.215. The number of hydrogen-bond donors (Lipinski definition) is 1. The van der Waals surface area contributed by atoms with Crippen LogP contribution in [0.4, 0.5) is 18.0 Å². The highest BCUT2D eigenvalue weighted by molar-refractivity contribution is 5.68. The largest absolute Gasteiger partial charge is 0.434 e. The smallest absolute Gasteiger partial charge is 0.427 e. The molecule has 0 aromatic heterocycles. The molecule has 8 heteroatoms. The molecular weight excluding hydrogens is 351 g/mol. The minimum atomic E-state index is -4.78. The van der Waals surface area contributed by atoms with Crippen molar-refractivity contribution in [1.29, 1.82) is 0 Å². The summed E-state index contributed by atoms with van der Waals surface area (Å²) in [6.45, 7) is -0.128. The second-order valence-electron chi connectivity index (χ2n) is 6.89. The Labute approximate surface area is 149 Å². The van der Waals surface area contributed by atoms with Crippen LogP contribution in [-0.4, -0.2) is 60.3 Å². The Bertz CT molecular complexity index is 615. The highest BCUT2D eigenvalue weighted by Gasteiger charge is 2.46. The molecule has 0 radical (unpaired) electrons. The van der Waals surface area contributed by atoms with E-state index >= 15 is 0 Å². The van der Waals surface area contributed by atoms with Crippen LogP contribution in [0.2, 0.25) is 0 Å². The number of carbonyl (C=O) groups excluding carboxylic acids is 1. The Balaban J connectivity index is 1.54. The highest BCUT2D eigenvalue weighted by atomic mass is 19.4. The molecule has 2 unspecified atom stereocenters. The molecular formula is C18H22F3NO4. The third-order valence-electron chi connectivity index (χ3n) is 5.19. The van der Waals surface area contributed by atoms with Crippen molar-refractivity contribution in [2.45, 2.75) is 43.1 Å². The van der Waals surface area contributed by atoms with E-state index in [1.54, 1.807) is 0 Å². The molecule has 1 aromatic carbocycles. The number of alkyl halides is 3. The third-order valence-corrected chi connectivity index (χ3v) is 5.19. The first-order valence-corrected chi connectivity index (χ1v) is 8.65. The molecule has 1 amide bonds. The van der Waals surface area contributed by atoms with Gasteiger partial charge >= 0.3 is 12.3 Å². The Kier molecular flexibility index (Phi) is 5.43. The van der Waals surface area contributed by atoms with Gasteiger partial charge in [-0.2, -0.15) is 13.2 Å². The van der Waals surface area contributed by atoms with Crippen LogP contribution >= 0.6 is 0 Å². The summed E-state index contributed by atoms with van der Waals surface area (Å²) < 4.78 is 48.3. The Morgan fingerprint density at radius 3 is 2.54 bits per heavy atom. The number of rotatable bonds is 3. The number of amides is 1. The van der Waals surface area contributed by atoms with E-state index in [0.29, 0.717) is 25.4 Å². The van der Waals surface area contributed by atoms with Gasteiger partial charge in [-0.05, 0) is 24.8 Å². The Morgan fingerprint density at radius 2 is 1.96 bits per heavy atom. The van der Waals surface area contributed by atoms with Crippen molar-refractivity contribution in [3.8, 4) is 0 Å². The summed E-state index contributed by atoms with van der Waals surface area (Å²) in [7, 11) is 0. The fourth-order valence-electron chi connectivity index (χ4n) is 3.63. The van der Waals surface area contributed by atoms with E-state index in [-0.39, 0.29) is 18.7 Å². The van der Waals surface area contributed by atoms with E-state index in [0.717, 1.165) is 6.42 Å². The predicted molar refractivity (Wildman–Crippen MR) is 86.7 cm³/mol. The van der Waals surface area contributed by atoms with Gasteiger partial charge < -0.3 is 19.5 Å². The van der Waals surface area contributed by atoms with Crippen molar-refractivity contribution in [3.05, 3.63) is 35.9 Å². The van der Waals surface area contributed by atoms with E-state index in [4.69, 9.17) is 9.84 Å². The maximum atomic E-state index is 12.6. The van der Waals surface area contributed by atoms with Gasteiger partial charge in [0.05, 0.1) is 18.8 Å². The van der Waals surface area contributed by atoms with Gasteiger partial charge in [0.1, 0.15) is 0 Å². The van der Waals surface area contributed by atoms with Gasteiger partial charge in [0.2, 0.25) is 6.10 Å². The van der Waals surface area contributed by atoms with Crippen molar-refractivity contribution < 1.29 is 32.5 Å². The molecule has 1 N–H and O–H groups in total. The molecule has 3 rings (SSSR count). The van der Waals surface area contributed by atoms with Gasteiger partial charge in [-0.25, -0.2) is 4.79 Å². The van der Waals surface area contributed by atoms with Crippen molar-refractivity contribution in [3.63, 3.8) is 0 Å². The molecule has 2 heterocycles. The lowest BCUT2D eigenvalue weighted by Gasteiger charge is -2.38. The SMILES string of the molecule is O=C(OC(CO)C(F)(F)F)N1CCC2(CC1)CC(c1ccccc1)CO2. The molecule has 144 valence electrons. The number of benzene rings is 1. The summed E-state index contributed by atoms with van der Waals surface area (Å²) in [4.78, 5) is 13.2. The van der Waals surface area contributed by atoms with E-state index in [1.165, 1.54) is 10.5 Å². The molecule has 1 aromatic rings. The first-order valence-electron chi connectivity index (χ1n) is 8.65. The number of aliphatic hydroxyl groups excluding tert-OH is 1. The second-order valence-corrected chi connectivity index (χ2v) is 6.89. The van der Waals surface area contributed by atoms with Gasteiger partial charge in [0, 0.05) is 19.0 Å². The monoisotopic (exact) mass is 373 g/mol. The third kappa shape index (κ3) is 4.12. The molecule has 2 saturated heterocycles. The van der Waals surface area contributed by atoms with Crippen LogP contribution in [-0.2, 0) is 9.47 Å². The van der Waals surface area contributed by atoms with Gasteiger partial charge in [-0.3, -0.25) is 0 Å². The van der Waals surface area contributed by atoms with E-state index < -0.39 is 25.0 Å². The number of ether oxygens (including phenoxy) is 2. The maximum Gasteiger partial charge on any atom is 0.427 e. The predicted octanol–water partition coefficient (Wildman–Crippen LogP) is 3.08. The number of halogens is 3. The first kappa shape index (κ1) is 19.0. The Morgan fingerprint density at radius 1 is 1.31 bits per heavy atom. The average molecular weight is 373 g/mol. The molecule has 2 fully saturated rings. The van der Waals surface area contributed by atoms with Crippen LogP contribution in [0.25, 0.3) is 0 Å². The van der Waals surface area contributed by atoms with Gasteiger partial charge in [0.25, 0.3) is 0 Å². The number of piperidine rings is 1. The number of aliphatic hydroxyl groups is 1. The summed E-state index contributed by atoms with van der Waals surface area (Å²) in [6, 6.07) is 10.0. The first-order chi connectivity index (χ1) is 12.3. The fraction of sp³-hybridized carbons (Fsp3) is 0.611. The van der Waals surface area contributed by atoms with Crippen LogP contribution in [0.5, 0.6) is 0 Å². The summed E-state index contributed by atoms with van der Waals surface area (Å²) >= 11 is 0. The molecule has 2 aliphatic heterocycles. The topological polar surface area (TPSA) is 59.0 Å². The number of hydrogen-bond acceptors (Lipinski definition) is 4. The zero-order valence-electron chi connectivity index (χ0n) is 14.2. The minimum absolute atomic E-state index is 0.274. The number of carbonyl (C=O) groups is 1. The fourth-order valence-corrected chi connectivity index (χ4v) is 3.63. The lowest BCUT2D eigenvalue weighted by atomic mass is 9.83. The summed E-state index contributed by atoms with van der Waals surface area (Å²) in [5.41, 5.74) is 0.875. The van der Waals surface area contributed by atoms with Gasteiger partial charge in [-0.15, -0.1) is 0 Å². The second kappa shape index (κ2) is 7.44. The molecule has 1 spiro atoms. The van der Waals surface area contributed by atoms with E-state index in [9.17, 15) is 18.0 Å². The average Bonchev–Trinajstić information content (AvgIpc) is 3.03. The molecule has 5 nitrogen and oxygen atoms in total. The maximum absolute atomic E-state index is 12.6. The molecule has 0 aliphatic carbocycles. The van der Waals surface area contributed by atoms with Gasteiger partial charge in [-0.1, -0.05) is 30.3 Å². The number of nitrogens with zero attached hydrogens (tertiary/aromatic N) is 1. The van der Waals surface area contributed by atoms with E-state index in [1.807, 2.05) is 18.2 Å². The van der Waals surface area contributed by atoms with Gasteiger partial charge in [0.15, 0.2) is 0 Å². The number of likely N-dealkylation sites (tertiary alicyclic amines) is 1. The van der Waals surface area contributed by atoms with E-state index in [2.05, 4.69) is 16.9 Å². The molecule has 2 aliphatic rings. The van der Waals surface area contributed by atoms with Crippen LogP contribution < -0.4 is 0 Å². The zero-order chi connectivity index (χ0) is 18.8. The summed E-state index contributed by atoms with van der Waals surface area (Å²) in [5, 5.41) is 8.78. The molecule has 0 bridgehead atoms. The molecule has 0 saturated carbocycles. The normalized spacial score (nSPS) is 23.8. The van der Waals surface area contributed by atoms with Crippen LogP contribution in [0, 0.1) is 0 Å². The minimum Gasteiger partial charge on any atom is -0.434 e. The van der Waals surface area contributed by atoms with Crippen molar-refractivity contribution >= 4 is 6.09 Å². The van der Waals surface area contributed by atoms with Crippen molar-refractivity contribution in [2.24, 2.45) is 0 Å². The van der Waals surface area contributed by atoms with Crippen LogP contribution in [0.1, 0.15) is 30.7 Å². The standard InChI is InChI=1S/C18H22F3NO4/c19-18(20,21)15(11-23)26-16(24)22-8-6-17(7-9-22)10-14(12-25-17)13-4-2-1-3-5-13/h1-5,14-15,23H,6-12H2. The zero-order valence-corrected chi connectivity index (χ0v) is 14.2. The molecule has 26 heavy (non-hydrogen) atoms. The quantitative estimate of drug-likeness (QED) is 0.885. The lowest BCUT2D eigenvalue weighted by Crippen LogP contribution is -2.48. The highest BCUT2D eigenvalue weighted by Crippen LogP contribution is 2.42. The summed E-state index contributed by atoms with van der Waals surface area (Å²) in [5.74, 6) is 0.290. The van der Waals surface area contributed by atoms with Crippen molar-refractivity contribution in [1.82, 2.24) is 4.90 Å². The van der Waals surface area contributed by atoms with Crippen molar-refractivity contribution in [2.75, 3.05) is 26.3 Å². The molecule has 2 atom stereocenters. The van der Waals surface area contributed by atoms with Crippen LogP contribution in [0.3, 0.4) is 0 Å². The Hall–Kier alpha value is -1.80. The summed E-state index contributed by atoms with van der Waals surface area (Å²) in [6.07, 6.45) is -6.37. The van der Waals surface area contributed by atoms with Crippen LogP contribution in [0.15, 0.2) is 30.3 Å².